The zero-order valence-electron chi connectivity index (χ0n) is 31.2. The van der Waals surface area contributed by atoms with E-state index in [1.54, 1.807) is 0 Å². The molecule has 0 aliphatic carbocycles. The SMILES string of the molecule is c1ccc(-c2nc(-c3ccccc3)nc(-c3cccc4oc5c(-c6ccccc6)cc(-n6c7cc8ccccc8cc7c7cc8ccccc8cc76)cc5c34)n2)cc1. The third kappa shape index (κ3) is 5.14. The lowest BCUT2D eigenvalue weighted by Crippen LogP contribution is -2.00. The molecule has 0 aliphatic rings. The van der Waals surface area contributed by atoms with E-state index in [-0.39, 0.29) is 0 Å². The van der Waals surface area contributed by atoms with Crippen LogP contribution in [0.5, 0.6) is 0 Å². The van der Waals surface area contributed by atoms with Gasteiger partial charge in [-0.15, -0.1) is 0 Å². The number of fused-ring (bicyclic) bond motifs is 8. The number of aromatic nitrogens is 4. The van der Waals surface area contributed by atoms with Gasteiger partial charge in [0, 0.05) is 49.5 Å². The molecule has 3 aromatic heterocycles. The molecule has 0 N–H and O–H groups in total. The molecule has 12 rings (SSSR count). The molecule has 0 aliphatic heterocycles. The van der Waals surface area contributed by atoms with E-state index in [4.69, 9.17) is 19.4 Å². The van der Waals surface area contributed by atoms with E-state index in [0.29, 0.717) is 17.5 Å². The van der Waals surface area contributed by atoms with Crippen molar-refractivity contribution in [2.24, 2.45) is 0 Å². The van der Waals surface area contributed by atoms with Crippen molar-refractivity contribution in [1.29, 1.82) is 0 Å². The molecule has 12 aromatic rings. The molecule has 0 spiro atoms. The lowest BCUT2D eigenvalue weighted by atomic mass is 9.99. The van der Waals surface area contributed by atoms with Crippen LogP contribution < -0.4 is 0 Å². The second-order valence-corrected chi connectivity index (χ2v) is 14.8. The van der Waals surface area contributed by atoms with Crippen LogP contribution in [-0.2, 0) is 0 Å². The molecule has 9 aromatic carbocycles. The van der Waals surface area contributed by atoms with Gasteiger partial charge in [-0.2, -0.15) is 0 Å². The van der Waals surface area contributed by atoms with Crippen LogP contribution in [0.3, 0.4) is 0 Å². The summed E-state index contributed by atoms with van der Waals surface area (Å²) in [5.41, 5.74) is 9.73. The largest absolute Gasteiger partial charge is 0.455 e. The van der Waals surface area contributed by atoms with Gasteiger partial charge in [-0.1, -0.05) is 152 Å². The predicted molar refractivity (Wildman–Crippen MR) is 238 cm³/mol. The predicted octanol–water partition coefficient (Wildman–Crippen LogP) is 13.8. The summed E-state index contributed by atoms with van der Waals surface area (Å²) in [5, 5.41) is 9.20. The number of rotatable bonds is 5. The van der Waals surface area contributed by atoms with E-state index in [9.17, 15) is 0 Å². The number of hydrogen-bond donors (Lipinski definition) is 0. The number of hydrogen-bond acceptors (Lipinski definition) is 4. The average molecular weight is 741 g/mol. The Kier molecular flexibility index (Phi) is 7.16. The first-order valence-electron chi connectivity index (χ1n) is 19.5. The highest BCUT2D eigenvalue weighted by molar-refractivity contribution is 6.19. The van der Waals surface area contributed by atoms with Crippen molar-refractivity contribution in [3.63, 3.8) is 0 Å². The maximum absolute atomic E-state index is 6.91. The monoisotopic (exact) mass is 740 g/mol. The summed E-state index contributed by atoms with van der Waals surface area (Å²) < 4.78 is 9.34. The van der Waals surface area contributed by atoms with E-state index in [1.165, 1.54) is 32.3 Å². The van der Waals surface area contributed by atoms with Crippen LogP contribution in [0.1, 0.15) is 0 Å². The van der Waals surface area contributed by atoms with E-state index < -0.39 is 0 Å². The Hall–Kier alpha value is -7.89. The quantitative estimate of drug-likeness (QED) is 0.176. The van der Waals surface area contributed by atoms with Gasteiger partial charge < -0.3 is 8.98 Å². The first-order valence-corrected chi connectivity index (χ1v) is 19.5. The minimum absolute atomic E-state index is 0.586. The van der Waals surface area contributed by atoms with Crippen molar-refractivity contribution in [3.8, 4) is 51.0 Å². The van der Waals surface area contributed by atoms with E-state index in [2.05, 4.69) is 126 Å². The van der Waals surface area contributed by atoms with E-state index in [1.807, 2.05) is 72.8 Å². The van der Waals surface area contributed by atoms with Crippen LogP contribution in [0.2, 0.25) is 0 Å². The van der Waals surface area contributed by atoms with Crippen molar-refractivity contribution in [2.75, 3.05) is 0 Å². The third-order valence-electron chi connectivity index (χ3n) is 11.4. The Bertz CT molecular complexity index is 3400. The summed E-state index contributed by atoms with van der Waals surface area (Å²) in [4.78, 5) is 15.3. The van der Waals surface area contributed by atoms with Gasteiger partial charge in [-0.05, 0) is 69.6 Å². The first kappa shape index (κ1) is 32.4. The summed E-state index contributed by atoms with van der Waals surface area (Å²) in [7, 11) is 0. The van der Waals surface area contributed by atoms with Gasteiger partial charge in [0.2, 0.25) is 0 Å². The fourth-order valence-electron chi connectivity index (χ4n) is 8.66. The van der Waals surface area contributed by atoms with Crippen LogP contribution in [0.15, 0.2) is 199 Å². The fourth-order valence-corrected chi connectivity index (χ4v) is 8.66. The van der Waals surface area contributed by atoms with Gasteiger partial charge in [0.15, 0.2) is 17.5 Å². The standard InChI is InChI=1S/C53H32N4O/c1-4-15-33(16-5-1)42-31-40(57-46-29-38-23-12-10-21-36(38)27-43(46)44-28-37-22-11-13-24-39(37)30-47(44)57)32-45-49-41(25-14-26-48(49)58-50(42)45)53-55-51(34-17-6-2-7-18-34)54-52(56-53)35-19-8-3-9-20-35/h1-32H. The van der Waals surface area contributed by atoms with Crippen molar-refractivity contribution in [3.05, 3.63) is 194 Å². The van der Waals surface area contributed by atoms with Gasteiger partial charge in [0.1, 0.15) is 11.2 Å². The highest BCUT2D eigenvalue weighted by Crippen LogP contribution is 2.44. The molecule has 270 valence electrons. The van der Waals surface area contributed by atoms with Crippen molar-refractivity contribution in [2.45, 2.75) is 0 Å². The molecule has 0 radical (unpaired) electrons. The molecule has 0 amide bonds. The Morgan fingerprint density at radius 3 is 1.40 bits per heavy atom. The summed E-state index contributed by atoms with van der Waals surface area (Å²) >= 11 is 0. The maximum Gasteiger partial charge on any atom is 0.164 e. The molecule has 0 unspecified atom stereocenters. The molecule has 5 heteroatoms. The number of furan rings is 1. The first-order chi connectivity index (χ1) is 28.7. The van der Waals surface area contributed by atoms with Crippen molar-refractivity contribution >= 4 is 65.3 Å². The fraction of sp³-hybridized carbons (Fsp3) is 0. The highest BCUT2D eigenvalue weighted by atomic mass is 16.3. The third-order valence-corrected chi connectivity index (χ3v) is 11.4. The van der Waals surface area contributed by atoms with Crippen molar-refractivity contribution < 1.29 is 4.42 Å². The van der Waals surface area contributed by atoms with E-state index >= 15 is 0 Å². The molecule has 0 atom stereocenters. The molecule has 0 fully saturated rings. The Balaban J connectivity index is 1.19. The Morgan fingerprint density at radius 2 is 0.845 bits per heavy atom. The number of benzene rings is 9. The summed E-state index contributed by atoms with van der Waals surface area (Å²) in [6, 6.07) is 68.1. The molecule has 58 heavy (non-hydrogen) atoms. The summed E-state index contributed by atoms with van der Waals surface area (Å²) in [6.45, 7) is 0. The Morgan fingerprint density at radius 1 is 0.362 bits per heavy atom. The molecule has 0 saturated carbocycles. The zero-order valence-corrected chi connectivity index (χ0v) is 31.2. The summed E-state index contributed by atoms with van der Waals surface area (Å²) in [6.07, 6.45) is 0. The molecule has 5 nitrogen and oxygen atoms in total. The molecule has 0 bridgehead atoms. The minimum Gasteiger partial charge on any atom is -0.455 e. The van der Waals surface area contributed by atoms with Crippen LogP contribution in [0.25, 0.3) is 116 Å². The van der Waals surface area contributed by atoms with Crippen LogP contribution in [-0.4, -0.2) is 19.5 Å². The van der Waals surface area contributed by atoms with Gasteiger partial charge in [-0.25, -0.2) is 15.0 Å². The topological polar surface area (TPSA) is 56.7 Å². The summed E-state index contributed by atoms with van der Waals surface area (Å²) in [5.74, 6) is 1.82. The van der Waals surface area contributed by atoms with Gasteiger partial charge in [0.25, 0.3) is 0 Å². The second kappa shape index (κ2) is 12.8. The highest BCUT2D eigenvalue weighted by Gasteiger charge is 2.23. The van der Waals surface area contributed by atoms with Gasteiger partial charge in [-0.3, -0.25) is 0 Å². The van der Waals surface area contributed by atoms with Crippen molar-refractivity contribution in [1.82, 2.24) is 19.5 Å². The lowest BCUT2D eigenvalue weighted by molar-refractivity contribution is 0.670. The van der Waals surface area contributed by atoms with Crippen LogP contribution in [0.4, 0.5) is 0 Å². The normalized spacial score (nSPS) is 11.8. The van der Waals surface area contributed by atoms with E-state index in [0.717, 1.165) is 66.5 Å². The molecule has 3 heterocycles. The minimum atomic E-state index is 0.586. The van der Waals surface area contributed by atoms with Gasteiger partial charge >= 0.3 is 0 Å². The number of nitrogens with zero attached hydrogens (tertiary/aromatic N) is 4. The average Bonchev–Trinajstić information content (AvgIpc) is 3.82. The molecular weight excluding hydrogens is 709 g/mol. The zero-order chi connectivity index (χ0) is 38.2. The Labute approximate surface area is 333 Å². The van der Waals surface area contributed by atoms with Crippen LogP contribution >= 0.6 is 0 Å². The molecular formula is C53H32N4O. The molecule has 0 saturated heterocycles. The van der Waals surface area contributed by atoms with Gasteiger partial charge in [0.05, 0.1) is 11.0 Å². The smallest absolute Gasteiger partial charge is 0.164 e. The lowest BCUT2D eigenvalue weighted by Gasteiger charge is -2.13. The maximum atomic E-state index is 6.91. The van der Waals surface area contributed by atoms with Crippen LogP contribution in [0, 0.1) is 0 Å². The second-order valence-electron chi connectivity index (χ2n) is 14.8.